The van der Waals surface area contributed by atoms with Crippen molar-refractivity contribution in [3.05, 3.63) is 70.8 Å². The molecule has 10 heteroatoms. The molecule has 2 rings (SSSR count). The maximum absolute atomic E-state index is 14.5. The number of rotatable bonds is 4. The Balaban J connectivity index is 2.81. The minimum Gasteiger partial charge on any atom is -0.456 e. The SMILES string of the molecule is CC(C)(C)OC(=O)c1ccc(C(c2ccccc2C(=O)OC(C)(C)C)(C(F)(F)F)C(F)(F)F)cc1. The third kappa shape index (κ3) is 5.97. The lowest BCUT2D eigenvalue weighted by atomic mass is 9.71. The predicted molar refractivity (Wildman–Crippen MR) is 116 cm³/mol. The molecule has 0 unspecified atom stereocenters. The van der Waals surface area contributed by atoms with Crippen molar-refractivity contribution in [3.63, 3.8) is 0 Å². The number of benzene rings is 2. The summed E-state index contributed by atoms with van der Waals surface area (Å²) in [7, 11) is 0. The van der Waals surface area contributed by atoms with Crippen LogP contribution in [0.15, 0.2) is 48.5 Å². The van der Waals surface area contributed by atoms with Crippen LogP contribution in [0.3, 0.4) is 0 Å². The van der Waals surface area contributed by atoms with Crippen LogP contribution in [0, 0.1) is 0 Å². The van der Waals surface area contributed by atoms with E-state index in [0.29, 0.717) is 18.2 Å². The Kier molecular flexibility index (Phi) is 7.41. The zero-order valence-corrected chi connectivity index (χ0v) is 20.0. The molecule has 0 aliphatic carbocycles. The zero-order chi connectivity index (χ0) is 27.0. The fourth-order valence-corrected chi connectivity index (χ4v) is 3.46. The van der Waals surface area contributed by atoms with Crippen molar-refractivity contribution in [2.75, 3.05) is 0 Å². The van der Waals surface area contributed by atoms with Gasteiger partial charge in [0, 0.05) is 0 Å². The van der Waals surface area contributed by atoms with Gasteiger partial charge in [-0.1, -0.05) is 30.3 Å². The van der Waals surface area contributed by atoms with Gasteiger partial charge in [-0.15, -0.1) is 0 Å². The van der Waals surface area contributed by atoms with Crippen molar-refractivity contribution in [2.45, 2.75) is 70.5 Å². The molecule has 0 fully saturated rings. The highest BCUT2D eigenvalue weighted by molar-refractivity contribution is 5.92. The number of halogens is 6. The van der Waals surface area contributed by atoms with E-state index in [-0.39, 0.29) is 5.56 Å². The van der Waals surface area contributed by atoms with E-state index < -0.39 is 57.6 Å². The van der Waals surface area contributed by atoms with E-state index in [1.165, 1.54) is 20.8 Å². The molecule has 4 nitrogen and oxygen atoms in total. The Hall–Kier alpha value is -3.04. The number of carbonyl (C=O) groups excluding carboxylic acids is 2. The van der Waals surface area contributed by atoms with Crippen molar-refractivity contribution in [1.82, 2.24) is 0 Å². The van der Waals surface area contributed by atoms with E-state index in [1.807, 2.05) is 0 Å². The molecule has 0 saturated carbocycles. The highest BCUT2D eigenvalue weighted by Gasteiger charge is 2.73. The molecule has 0 atom stereocenters. The predicted octanol–water partition coefficient (Wildman–Crippen LogP) is 7.01. The first-order valence-electron chi connectivity index (χ1n) is 10.5. The number of carbonyl (C=O) groups is 2. The second-order valence-corrected chi connectivity index (χ2v) is 9.87. The van der Waals surface area contributed by atoms with Crippen molar-refractivity contribution in [3.8, 4) is 0 Å². The van der Waals surface area contributed by atoms with Gasteiger partial charge in [-0.3, -0.25) is 0 Å². The Morgan fingerprint density at radius 3 is 1.49 bits per heavy atom. The van der Waals surface area contributed by atoms with Crippen LogP contribution in [0.2, 0.25) is 0 Å². The third-order valence-electron chi connectivity index (χ3n) is 4.75. The average Bonchev–Trinajstić information content (AvgIpc) is 2.64. The highest BCUT2D eigenvalue weighted by Crippen LogP contribution is 2.57. The van der Waals surface area contributed by atoms with Crippen LogP contribution in [0.4, 0.5) is 26.3 Å². The van der Waals surface area contributed by atoms with Crippen LogP contribution >= 0.6 is 0 Å². The molecule has 0 aliphatic rings. The van der Waals surface area contributed by atoms with Gasteiger partial charge in [0.15, 0.2) is 0 Å². The van der Waals surface area contributed by atoms with E-state index in [4.69, 9.17) is 9.47 Å². The van der Waals surface area contributed by atoms with Gasteiger partial charge in [0.25, 0.3) is 0 Å². The molecular weight excluding hydrogens is 478 g/mol. The summed E-state index contributed by atoms with van der Waals surface area (Å²) in [4.78, 5) is 24.9. The first-order valence-corrected chi connectivity index (χ1v) is 10.5. The first-order chi connectivity index (χ1) is 15.7. The Labute approximate surface area is 199 Å². The van der Waals surface area contributed by atoms with Gasteiger partial charge in [-0.2, -0.15) is 26.3 Å². The van der Waals surface area contributed by atoms with Gasteiger partial charge < -0.3 is 9.47 Å². The van der Waals surface area contributed by atoms with Crippen LogP contribution in [0.1, 0.15) is 73.4 Å². The van der Waals surface area contributed by atoms with Gasteiger partial charge in [0.2, 0.25) is 5.41 Å². The molecule has 0 aliphatic heterocycles. The molecule has 192 valence electrons. The van der Waals surface area contributed by atoms with Crippen LogP contribution in [0.5, 0.6) is 0 Å². The Morgan fingerprint density at radius 1 is 0.629 bits per heavy atom. The standard InChI is InChI=1S/C25H26F6O4/c1-21(2,3)34-19(32)15-11-13-16(14-12-15)23(24(26,27)28,25(29,30)31)18-10-8-7-9-17(18)20(33)35-22(4,5)6/h7-14H,1-6H3. The second kappa shape index (κ2) is 9.20. The summed E-state index contributed by atoms with van der Waals surface area (Å²) in [6, 6.07) is 6.35. The summed E-state index contributed by atoms with van der Waals surface area (Å²) in [5.41, 5.74) is -10.3. The highest BCUT2D eigenvalue weighted by atomic mass is 19.4. The summed E-state index contributed by atoms with van der Waals surface area (Å²) in [6.07, 6.45) is -11.8. The van der Waals surface area contributed by atoms with Crippen LogP contribution in [0.25, 0.3) is 0 Å². The quantitative estimate of drug-likeness (QED) is 0.332. The molecular formula is C25H26F6O4. The zero-order valence-electron chi connectivity index (χ0n) is 20.0. The van der Waals surface area contributed by atoms with Crippen molar-refractivity contribution < 1.29 is 45.4 Å². The van der Waals surface area contributed by atoms with E-state index in [1.54, 1.807) is 20.8 Å². The van der Waals surface area contributed by atoms with E-state index in [2.05, 4.69) is 0 Å². The van der Waals surface area contributed by atoms with Gasteiger partial charge in [-0.25, -0.2) is 9.59 Å². The van der Waals surface area contributed by atoms with E-state index >= 15 is 0 Å². The summed E-state index contributed by atoms with van der Waals surface area (Å²) in [6.45, 7) is 8.98. The third-order valence-corrected chi connectivity index (χ3v) is 4.75. The minimum absolute atomic E-state index is 0.234. The molecule has 0 bridgehead atoms. The lowest BCUT2D eigenvalue weighted by molar-refractivity contribution is -0.288. The van der Waals surface area contributed by atoms with Gasteiger partial charge in [-0.05, 0) is 70.9 Å². The second-order valence-electron chi connectivity index (χ2n) is 9.87. The number of esters is 2. The maximum Gasteiger partial charge on any atom is 0.411 e. The van der Waals surface area contributed by atoms with Crippen LogP contribution in [-0.4, -0.2) is 35.5 Å². The molecule has 0 spiro atoms. The summed E-state index contributed by atoms with van der Waals surface area (Å²) in [5.74, 6) is -2.25. The summed E-state index contributed by atoms with van der Waals surface area (Å²) < 4.78 is 97.5. The molecule has 2 aromatic rings. The van der Waals surface area contributed by atoms with E-state index in [0.717, 1.165) is 30.3 Å². The summed E-state index contributed by atoms with van der Waals surface area (Å²) >= 11 is 0. The molecule has 2 aromatic carbocycles. The monoisotopic (exact) mass is 504 g/mol. The van der Waals surface area contributed by atoms with E-state index in [9.17, 15) is 35.9 Å². The Morgan fingerprint density at radius 2 is 1.06 bits per heavy atom. The largest absolute Gasteiger partial charge is 0.456 e. The van der Waals surface area contributed by atoms with Crippen LogP contribution in [-0.2, 0) is 14.9 Å². The lowest BCUT2D eigenvalue weighted by Crippen LogP contribution is -2.55. The van der Waals surface area contributed by atoms with Gasteiger partial charge in [0.1, 0.15) is 11.2 Å². The molecule has 35 heavy (non-hydrogen) atoms. The molecule has 0 amide bonds. The number of hydrogen-bond acceptors (Lipinski definition) is 4. The molecule has 0 saturated heterocycles. The molecule has 0 aromatic heterocycles. The van der Waals surface area contributed by atoms with Crippen molar-refractivity contribution >= 4 is 11.9 Å². The van der Waals surface area contributed by atoms with Crippen LogP contribution < -0.4 is 0 Å². The molecule has 0 N–H and O–H groups in total. The Bertz CT molecular complexity index is 1060. The molecule has 0 heterocycles. The van der Waals surface area contributed by atoms with Gasteiger partial charge >= 0.3 is 24.3 Å². The lowest BCUT2D eigenvalue weighted by Gasteiger charge is -2.39. The van der Waals surface area contributed by atoms with Crippen molar-refractivity contribution in [1.29, 1.82) is 0 Å². The average molecular weight is 504 g/mol. The van der Waals surface area contributed by atoms with Crippen molar-refractivity contribution in [2.24, 2.45) is 0 Å². The number of ether oxygens (including phenoxy) is 2. The first kappa shape index (κ1) is 28.2. The molecule has 0 radical (unpaired) electrons. The summed E-state index contributed by atoms with van der Waals surface area (Å²) in [5, 5.41) is 0. The van der Waals surface area contributed by atoms with Gasteiger partial charge in [0.05, 0.1) is 11.1 Å². The maximum atomic E-state index is 14.5. The fourth-order valence-electron chi connectivity index (χ4n) is 3.46. The number of hydrogen-bond donors (Lipinski definition) is 0. The normalized spacial score (nSPS) is 13.4. The number of alkyl halides is 6. The minimum atomic E-state index is -5.92. The smallest absolute Gasteiger partial charge is 0.411 e. The topological polar surface area (TPSA) is 52.6 Å². The fraction of sp³-hybridized carbons (Fsp3) is 0.440.